The number of benzene rings is 1. The molecule has 2 aliphatic rings. The Labute approximate surface area is 205 Å². The van der Waals surface area contributed by atoms with Gasteiger partial charge >= 0.3 is 0 Å². The van der Waals surface area contributed by atoms with Crippen LogP contribution in [0.2, 0.25) is 0 Å². The van der Waals surface area contributed by atoms with Crippen LogP contribution in [0.5, 0.6) is 0 Å². The maximum Gasteiger partial charge on any atom is 0.274 e. The van der Waals surface area contributed by atoms with Crippen LogP contribution in [0.4, 0.5) is 4.39 Å². The fourth-order valence-corrected chi connectivity index (χ4v) is 4.51. The molecule has 0 radical (unpaired) electrons. The molecule has 0 aliphatic carbocycles. The number of aromatic nitrogens is 2. The molecule has 35 heavy (non-hydrogen) atoms. The van der Waals surface area contributed by atoms with Gasteiger partial charge in [-0.2, -0.15) is 5.10 Å². The SMILES string of the molecule is CCN(CCC(=O)N1CCN(C)CC1)C(=O)c1cc2n(n1)CCCN(Cc1ccc(F)cc1)C2=O. The lowest BCUT2D eigenvalue weighted by Gasteiger charge is -2.33. The van der Waals surface area contributed by atoms with Crippen LogP contribution in [0, 0.1) is 5.82 Å². The predicted molar refractivity (Wildman–Crippen MR) is 128 cm³/mol. The number of hydrogen-bond donors (Lipinski definition) is 0. The summed E-state index contributed by atoms with van der Waals surface area (Å²) in [6.45, 7) is 7.20. The van der Waals surface area contributed by atoms with Gasteiger partial charge in [0.05, 0.1) is 0 Å². The quantitative estimate of drug-likeness (QED) is 0.598. The Morgan fingerprint density at radius 2 is 1.77 bits per heavy atom. The first-order valence-electron chi connectivity index (χ1n) is 12.2. The van der Waals surface area contributed by atoms with Gasteiger partial charge in [-0.05, 0) is 38.1 Å². The van der Waals surface area contributed by atoms with E-state index in [1.54, 1.807) is 32.7 Å². The van der Waals surface area contributed by atoms with Crippen LogP contribution in [0.15, 0.2) is 30.3 Å². The van der Waals surface area contributed by atoms with Gasteiger partial charge in [0.25, 0.3) is 11.8 Å². The van der Waals surface area contributed by atoms with Gasteiger partial charge in [0.15, 0.2) is 5.69 Å². The highest BCUT2D eigenvalue weighted by atomic mass is 19.1. The van der Waals surface area contributed by atoms with Crippen molar-refractivity contribution in [3.8, 4) is 0 Å². The van der Waals surface area contributed by atoms with Crippen LogP contribution in [0.3, 0.4) is 0 Å². The Morgan fingerprint density at radius 3 is 2.46 bits per heavy atom. The minimum atomic E-state index is -0.317. The van der Waals surface area contributed by atoms with Gasteiger partial charge in [-0.15, -0.1) is 0 Å². The van der Waals surface area contributed by atoms with E-state index >= 15 is 0 Å². The Morgan fingerprint density at radius 1 is 1.06 bits per heavy atom. The van der Waals surface area contributed by atoms with E-state index in [0.717, 1.165) is 18.7 Å². The molecular weight excluding hydrogens is 451 g/mol. The summed E-state index contributed by atoms with van der Waals surface area (Å²) in [5, 5.41) is 4.44. The first-order chi connectivity index (χ1) is 16.9. The molecule has 9 nitrogen and oxygen atoms in total. The first kappa shape index (κ1) is 24.8. The average molecular weight is 485 g/mol. The zero-order valence-corrected chi connectivity index (χ0v) is 20.5. The Kier molecular flexibility index (Phi) is 7.80. The molecule has 2 aromatic rings. The summed E-state index contributed by atoms with van der Waals surface area (Å²) in [6, 6.07) is 7.65. The molecule has 3 heterocycles. The van der Waals surface area contributed by atoms with Gasteiger partial charge in [-0.1, -0.05) is 12.1 Å². The first-order valence-corrected chi connectivity index (χ1v) is 12.2. The minimum Gasteiger partial charge on any atom is -0.340 e. The fraction of sp³-hybridized carbons (Fsp3) is 0.520. The molecule has 0 atom stereocenters. The van der Waals surface area contributed by atoms with E-state index in [1.807, 2.05) is 18.9 Å². The van der Waals surface area contributed by atoms with Crippen molar-refractivity contribution in [2.75, 3.05) is 52.9 Å². The molecule has 0 N–H and O–H groups in total. The predicted octanol–water partition coefficient (Wildman–Crippen LogP) is 1.69. The molecule has 10 heteroatoms. The van der Waals surface area contributed by atoms with E-state index in [0.29, 0.717) is 57.9 Å². The number of amides is 3. The van der Waals surface area contributed by atoms with Gasteiger partial charge in [0.2, 0.25) is 5.91 Å². The van der Waals surface area contributed by atoms with Crippen molar-refractivity contribution in [3.05, 3.63) is 53.1 Å². The summed E-state index contributed by atoms with van der Waals surface area (Å²) in [7, 11) is 2.04. The van der Waals surface area contributed by atoms with E-state index in [4.69, 9.17) is 0 Å². The number of aryl methyl sites for hydroxylation is 1. The van der Waals surface area contributed by atoms with Gasteiger partial charge < -0.3 is 19.6 Å². The topological polar surface area (TPSA) is 82.0 Å². The second kappa shape index (κ2) is 11.0. The number of piperazine rings is 1. The molecule has 0 bridgehead atoms. The van der Waals surface area contributed by atoms with E-state index in [-0.39, 0.29) is 35.7 Å². The Hall–Kier alpha value is -3.27. The molecule has 2 aliphatic heterocycles. The molecule has 4 rings (SSSR count). The molecule has 1 aromatic heterocycles. The van der Waals surface area contributed by atoms with Crippen molar-refractivity contribution in [1.29, 1.82) is 0 Å². The summed E-state index contributed by atoms with van der Waals surface area (Å²) in [4.78, 5) is 46.4. The van der Waals surface area contributed by atoms with Crippen LogP contribution < -0.4 is 0 Å². The Balaban J connectivity index is 1.40. The third-order valence-corrected chi connectivity index (χ3v) is 6.71. The number of nitrogens with zero attached hydrogens (tertiary/aromatic N) is 6. The monoisotopic (exact) mass is 484 g/mol. The minimum absolute atomic E-state index is 0.0524. The lowest BCUT2D eigenvalue weighted by molar-refractivity contribution is -0.132. The van der Waals surface area contributed by atoms with Crippen LogP contribution in [0.1, 0.15) is 46.3 Å². The summed E-state index contributed by atoms with van der Waals surface area (Å²) in [5.41, 5.74) is 1.43. The maximum absolute atomic E-state index is 13.2. The summed E-state index contributed by atoms with van der Waals surface area (Å²) in [6.07, 6.45) is 0.966. The van der Waals surface area contributed by atoms with E-state index in [9.17, 15) is 18.8 Å². The molecule has 3 amide bonds. The third kappa shape index (κ3) is 5.87. The fourth-order valence-electron chi connectivity index (χ4n) is 4.51. The van der Waals surface area contributed by atoms with E-state index in [2.05, 4.69) is 10.00 Å². The highest BCUT2D eigenvalue weighted by Gasteiger charge is 2.28. The van der Waals surface area contributed by atoms with E-state index in [1.165, 1.54) is 12.1 Å². The molecule has 188 valence electrons. The summed E-state index contributed by atoms with van der Waals surface area (Å²) in [5.74, 6) is -0.747. The van der Waals surface area contributed by atoms with Gasteiger partial charge in [-0.25, -0.2) is 4.39 Å². The summed E-state index contributed by atoms with van der Waals surface area (Å²) < 4.78 is 14.8. The second-order valence-corrected chi connectivity index (χ2v) is 9.16. The average Bonchev–Trinajstić information content (AvgIpc) is 3.23. The van der Waals surface area contributed by atoms with Crippen molar-refractivity contribution < 1.29 is 18.8 Å². The third-order valence-electron chi connectivity index (χ3n) is 6.71. The van der Waals surface area contributed by atoms with Crippen LogP contribution in [-0.2, 0) is 17.9 Å². The number of hydrogen-bond acceptors (Lipinski definition) is 5. The molecule has 0 unspecified atom stereocenters. The van der Waals surface area contributed by atoms with Crippen molar-refractivity contribution >= 4 is 17.7 Å². The standard InChI is InChI=1S/C25H33FN6O3/c1-3-29(12-9-23(33)30-15-13-28(2)14-16-30)24(34)21-17-22-25(35)31(10-4-11-32(22)27-21)18-19-5-7-20(26)8-6-19/h5-8,17H,3-4,9-16,18H2,1-2H3. The normalized spacial score (nSPS) is 16.7. The van der Waals surface area contributed by atoms with Gasteiger partial charge in [-0.3, -0.25) is 19.1 Å². The lowest BCUT2D eigenvalue weighted by atomic mass is 10.2. The highest BCUT2D eigenvalue weighted by Crippen LogP contribution is 2.18. The van der Waals surface area contributed by atoms with Crippen LogP contribution in [0.25, 0.3) is 0 Å². The zero-order valence-electron chi connectivity index (χ0n) is 20.5. The van der Waals surface area contributed by atoms with E-state index < -0.39 is 0 Å². The van der Waals surface area contributed by atoms with Crippen molar-refractivity contribution in [3.63, 3.8) is 0 Å². The zero-order chi connectivity index (χ0) is 24.9. The number of carbonyl (C=O) groups is 3. The Bertz CT molecular complexity index is 1060. The molecule has 1 aromatic carbocycles. The number of carbonyl (C=O) groups excluding carboxylic acids is 3. The number of rotatable bonds is 7. The number of halogens is 1. The second-order valence-electron chi connectivity index (χ2n) is 9.16. The maximum atomic E-state index is 13.2. The number of fused-ring (bicyclic) bond motifs is 1. The molecular formula is C25H33FN6O3. The summed E-state index contributed by atoms with van der Waals surface area (Å²) >= 11 is 0. The largest absolute Gasteiger partial charge is 0.340 e. The molecule has 1 fully saturated rings. The smallest absolute Gasteiger partial charge is 0.274 e. The molecule has 1 saturated heterocycles. The molecule has 0 spiro atoms. The highest BCUT2D eigenvalue weighted by molar-refractivity contribution is 5.98. The van der Waals surface area contributed by atoms with Crippen molar-refractivity contribution in [1.82, 2.24) is 29.4 Å². The van der Waals surface area contributed by atoms with Crippen molar-refractivity contribution in [2.24, 2.45) is 0 Å². The number of likely N-dealkylation sites (N-methyl/N-ethyl adjacent to an activating group) is 1. The lowest BCUT2D eigenvalue weighted by Crippen LogP contribution is -2.48. The van der Waals surface area contributed by atoms with Crippen LogP contribution in [-0.4, -0.2) is 100.0 Å². The van der Waals surface area contributed by atoms with Crippen molar-refractivity contribution in [2.45, 2.75) is 32.9 Å². The van der Waals surface area contributed by atoms with Crippen LogP contribution >= 0.6 is 0 Å². The molecule has 0 saturated carbocycles. The van der Waals surface area contributed by atoms with Gasteiger partial charge in [0.1, 0.15) is 11.5 Å². The van der Waals surface area contributed by atoms with Gasteiger partial charge in [0, 0.05) is 71.4 Å².